The first-order valence-electron chi connectivity index (χ1n) is 6.60. The highest BCUT2D eigenvalue weighted by atomic mass is 16.6. The molecule has 0 bridgehead atoms. The van der Waals surface area contributed by atoms with E-state index in [1.54, 1.807) is 18.2 Å². The lowest BCUT2D eigenvalue weighted by Crippen LogP contribution is -2.29. The average Bonchev–Trinajstić information content (AvgIpc) is 2.50. The maximum Gasteiger partial charge on any atom is 0.314 e. The molecule has 8 nitrogen and oxygen atoms in total. The minimum atomic E-state index is -1.03. The molecule has 0 aliphatic heterocycles. The number of carbonyl (C=O) groups excluding carboxylic acids is 2. The van der Waals surface area contributed by atoms with Gasteiger partial charge in [-0.05, 0) is 30.7 Å². The topological polar surface area (TPSA) is 127 Å². The predicted octanol–water partition coefficient (Wildman–Crippen LogP) is 2.06. The van der Waals surface area contributed by atoms with Crippen LogP contribution in [0, 0.1) is 17.0 Å². The number of anilines is 3. The van der Waals surface area contributed by atoms with E-state index in [1.165, 1.54) is 24.3 Å². The molecule has 23 heavy (non-hydrogen) atoms. The van der Waals surface area contributed by atoms with E-state index >= 15 is 0 Å². The molecule has 0 saturated carbocycles. The fourth-order valence-electron chi connectivity index (χ4n) is 1.89. The molecular weight excluding hydrogens is 300 g/mol. The normalized spacial score (nSPS) is 9.96. The first kappa shape index (κ1) is 16.0. The van der Waals surface area contributed by atoms with Gasteiger partial charge in [0.25, 0.3) is 5.69 Å². The third-order valence-electron chi connectivity index (χ3n) is 3.01. The summed E-state index contributed by atoms with van der Waals surface area (Å²) in [6, 6.07) is 10.5. The Kier molecular flexibility index (Phi) is 4.55. The number of nitro groups is 1. The number of nitrogens with one attached hydrogen (secondary N) is 2. The number of amides is 2. The molecule has 0 saturated heterocycles. The maximum atomic E-state index is 11.9. The largest absolute Gasteiger partial charge is 0.397 e. The zero-order chi connectivity index (χ0) is 17.0. The Labute approximate surface area is 131 Å². The third-order valence-corrected chi connectivity index (χ3v) is 3.01. The summed E-state index contributed by atoms with van der Waals surface area (Å²) in [5, 5.41) is 15.4. The van der Waals surface area contributed by atoms with Crippen LogP contribution >= 0.6 is 0 Å². The van der Waals surface area contributed by atoms with Crippen molar-refractivity contribution in [2.75, 3.05) is 16.4 Å². The number of benzene rings is 2. The summed E-state index contributed by atoms with van der Waals surface area (Å²) in [6.45, 7) is 1.84. The van der Waals surface area contributed by atoms with Crippen LogP contribution in [0.4, 0.5) is 22.7 Å². The Morgan fingerprint density at radius 2 is 1.65 bits per heavy atom. The highest BCUT2D eigenvalue weighted by Gasteiger charge is 2.20. The summed E-state index contributed by atoms with van der Waals surface area (Å²) < 4.78 is 0. The minimum absolute atomic E-state index is 0.0606. The first-order chi connectivity index (χ1) is 10.9. The molecule has 0 heterocycles. The van der Waals surface area contributed by atoms with Gasteiger partial charge < -0.3 is 16.4 Å². The van der Waals surface area contributed by atoms with Crippen LogP contribution in [0.25, 0.3) is 0 Å². The van der Waals surface area contributed by atoms with Crippen LogP contribution in [0.2, 0.25) is 0 Å². The van der Waals surface area contributed by atoms with Crippen LogP contribution < -0.4 is 16.4 Å². The van der Waals surface area contributed by atoms with Crippen molar-refractivity contribution in [3.63, 3.8) is 0 Å². The van der Waals surface area contributed by atoms with Crippen molar-refractivity contribution >= 4 is 34.6 Å². The second-order valence-corrected chi connectivity index (χ2v) is 4.77. The van der Waals surface area contributed by atoms with Gasteiger partial charge in [0, 0.05) is 6.07 Å². The zero-order valence-corrected chi connectivity index (χ0v) is 12.2. The van der Waals surface area contributed by atoms with E-state index < -0.39 is 16.7 Å². The van der Waals surface area contributed by atoms with Crippen molar-refractivity contribution in [1.29, 1.82) is 0 Å². The minimum Gasteiger partial charge on any atom is -0.397 e. The van der Waals surface area contributed by atoms with Gasteiger partial charge in [0.05, 0.1) is 16.3 Å². The van der Waals surface area contributed by atoms with E-state index in [0.29, 0.717) is 11.4 Å². The Morgan fingerprint density at radius 3 is 2.26 bits per heavy atom. The molecule has 2 rings (SSSR count). The summed E-state index contributed by atoms with van der Waals surface area (Å²) in [5.74, 6) is -2.00. The molecule has 118 valence electrons. The second kappa shape index (κ2) is 6.56. The van der Waals surface area contributed by atoms with Crippen molar-refractivity contribution in [3.05, 3.63) is 58.1 Å². The Balaban J connectivity index is 2.12. The van der Waals surface area contributed by atoms with Crippen LogP contribution in [0.1, 0.15) is 5.56 Å². The van der Waals surface area contributed by atoms with E-state index in [2.05, 4.69) is 10.6 Å². The maximum absolute atomic E-state index is 11.9. The molecule has 8 heteroatoms. The van der Waals surface area contributed by atoms with Crippen molar-refractivity contribution in [3.8, 4) is 0 Å². The number of rotatable bonds is 3. The number of aryl methyl sites for hydroxylation is 1. The molecule has 0 aromatic heterocycles. The fraction of sp³-hybridized carbons (Fsp3) is 0.0667. The lowest BCUT2D eigenvalue weighted by molar-refractivity contribution is -0.383. The van der Waals surface area contributed by atoms with E-state index in [4.69, 9.17) is 5.73 Å². The van der Waals surface area contributed by atoms with Gasteiger partial charge in [-0.15, -0.1) is 0 Å². The molecule has 2 amide bonds. The highest BCUT2D eigenvalue weighted by molar-refractivity contribution is 6.44. The lowest BCUT2D eigenvalue weighted by atomic mass is 10.2. The molecule has 0 atom stereocenters. The van der Waals surface area contributed by atoms with Crippen molar-refractivity contribution in [1.82, 2.24) is 0 Å². The molecule has 0 aliphatic carbocycles. The van der Waals surface area contributed by atoms with E-state index in [1.807, 2.05) is 6.92 Å². The van der Waals surface area contributed by atoms with Crippen LogP contribution in [0.15, 0.2) is 42.5 Å². The quantitative estimate of drug-likeness (QED) is 0.346. The number of carbonyl (C=O) groups is 2. The van der Waals surface area contributed by atoms with Crippen molar-refractivity contribution in [2.24, 2.45) is 0 Å². The lowest BCUT2D eigenvalue weighted by Gasteiger charge is -2.09. The standard InChI is InChI=1S/C15H14N4O4/c1-9-6-7-11(10(16)8-9)17-14(20)15(21)18-12-4-2-3-5-13(12)19(22)23/h2-8H,16H2,1H3,(H,17,20)(H,18,21). The number of nitrogens with two attached hydrogens (primary N) is 1. The number of nitrogens with zero attached hydrogens (tertiary/aromatic N) is 1. The molecule has 0 radical (unpaired) electrons. The molecule has 0 unspecified atom stereocenters. The van der Waals surface area contributed by atoms with Crippen molar-refractivity contribution in [2.45, 2.75) is 6.92 Å². The van der Waals surface area contributed by atoms with Gasteiger partial charge in [0.2, 0.25) is 0 Å². The van der Waals surface area contributed by atoms with Gasteiger partial charge in [-0.1, -0.05) is 18.2 Å². The summed E-state index contributed by atoms with van der Waals surface area (Å²) in [7, 11) is 0. The summed E-state index contributed by atoms with van der Waals surface area (Å²) in [6.07, 6.45) is 0. The number of hydrogen-bond donors (Lipinski definition) is 3. The summed E-state index contributed by atoms with van der Waals surface area (Å²) in [4.78, 5) is 34.0. The van der Waals surface area contributed by atoms with Crippen LogP contribution in [-0.4, -0.2) is 16.7 Å². The van der Waals surface area contributed by atoms with Gasteiger partial charge in [-0.25, -0.2) is 0 Å². The summed E-state index contributed by atoms with van der Waals surface area (Å²) >= 11 is 0. The van der Waals surface area contributed by atoms with Gasteiger partial charge >= 0.3 is 11.8 Å². The highest BCUT2D eigenvalue weighted by Crippen LogP contribution is 2.23. The van der Waals surface area contributed by atoms with Gasteiger partial charge in [-0.3, -0.25) is 19.7 Å². The molecule has 2 aromatic rings. The molecule has 4 N–H and O–H groups in total. The predicted molar refractivity (Wildman–Crippen MR) is 85.9 cm³/mol. The Hall–Kier alpha value is -3.42. The van der Waals surface area contributed by atoms with Gasteiger partial charge in [0.1, 0.15) is 5.69 Å². The van der Waals surface area contributed by atoms with E-state index in [0.717, 1.165) is 5.56 Å². The summed E-state index contributed by atoms with van der Waals surface area (Å²) in [5.41, 5.74) is 6.90. The fourth-order valence-corrected chi connectivity index (χ4v) is 1.89. The van der Waals surface area contributed by atoms with Gasteiger partial charge in [0.15, 0.2) is 0 Å². The monoisotopic (exact) mass is 314 g/mol. The Bertz CT molecular complexity index is 789. The molecule has 2 aromatic carbocycles. The van der Waals surface area contributed by atoms with Gasteiger partial charge in [-0.2, -0.15) is 0 Å². The van der Waals surface area contributed by atoms with Crippen molar-refractivity contribution < 1.29 is 14.5 Å². The Morgan fingerprint density at radius 1 is 1.04 bits per heavy atom. The smallest absolute Gasteiger partial charge is 0.314 e. The van der Waals surface area contributed by atoms with Crippen LogP contribution in [0.5, 0.6) is 0 Å². The van der Waals surface area contributed by atoms with E-state index in [9.17, 15) is 19.7 Å². The zero-order valence-electron chi connectivity index (χ0n) is 12.2. The van der Waals surface area contributed by atoms with E-state index in [-0.39, 0.29) is 11.4 Å². The van der Waals surface area contributed by atoms with Crippen LogP contribution in [-0.2, 0) is 9.59 Å². The molecule has 0 aliphatic rings. The number of para-hydroxylation sites is 2. The number of nitro benzene ring substituents is 1. The molecule has 0 fully saturated rings. The van der Waals surface area contributed by atoms with Crippen LogP contribution in [0.3, 0.4) is 0 Å². The molecule has 0 spiro atoms. The third kappa shape index (κ3) is 3.82. The first-order valence-corrected chi connectivity index (χ1v) is 6.60. The number of hydrogen-bond acceptors (Lipinski definition) is 5. The number of nitrogen functional groups attached to an aromatic ring is 1. The molecular formula is C15H14N4O4. The average molecular weight is 314 g/mol. The SMILES string of the molecule is Cc1ccc(NC(=O)C(=O)Nc2ccccc2[N+](=O)[O-])c(N)c1. The second-order valence-electron chi connectivity index (χ2n) is 4.77.